The van der Waals surface area contributed by atoms with Gasteiger partial charge >= 0.3 is 0 Å². The average Bonchev–Trinajstić information content (AvgIpc) is 2.83. The normalized spacial score (nSPS) is 25.2. The lowest BCUT2D eigenvalue weighted by Crippen LogP contribution is -2.55. The second-order valence-electron chi connectivity index (χ2n) is 5.53. The second kappa shape index (κ2) is 4.37. The minimum absolute atomic E-state index is 0.0894. The maximum absolute atomic E-state index is 11.9. The lowest BCUT2D eigenvalue weighted by atomic mass is 9.63. The first-order valence-electron chi connectivity index (χ1n) is 6.58. The van der Waals surface area contributed by atoms with Crippen molar-refractivity contribution >= 4 is 21.7 Å². The Kier molecular flexibility index (Phi) is 2.97. The number of Topliss-reactive ketones (excluding diaryl/α,β-unsaturated/α-hetero) is 1. The highest BCUT2D eigenvalue weighted by Gasteiger charge is 2.57. The molecule has 2 aliphatic carbocycles. The van der Waals surface area contributed by atoms with Gasteiger partial charge in [-0.05, 0) is 53.4 Å². The fourth-order valence-electron chi connectivity index (χ4n) is 3.23. The molecule has 1 spiro atoms. The molecule has 2 aliphatic rings. The number of rotatable bonds is 2. The molecule has 1 aromatic rings. The van der Waals surface area contributed by atoms with Crippen LogP contribution in [0, 0.1) is 12.3 Å². The summed E-state index contributed by atoms with van der Waals surface area (Å²) in [5, 5.41) is 0. The van der Waals surface area contributed by atoms with E-state index in [4.69, 9.17) is 4.74 Å². The van der Waals surface area contributed by atoms with Gasteiger partial charge in [-0.15, -0.1) is 0 Å². The summed E-state index contributed by atoms with van der Waals surface area (Å²) in [4.78, 5) is 11.9. The first-order valence-corrected chi connectivity index (χ1v) is 7.37. The zero-order valence-electron chi connectivity index (χ0n) is 10.5. The van der Waals surface area contributed by atoms with Crippen LogP contribution in [0.1, 0.15) is 37.7 Å². The third-order valence-electron chi connectivity index (χ3n) is 4.39. The zero-order valence-corrected chi connectivity index (χ0v) is 12.1. The average molecular weight is 309 g/mol. The molecule has 3 rings (SSSR count). The smallest absolute Gasteiger partial charge is 0.146 e. The van der Waals surface area contributed by atoms with Gasteiger partial charge in [0.2, 0.25) is 0 Å². The zero-order chi connectivity index (χ0) is 12.8. The predicted molar refractivity (Wildman–Crippen MR) is 73.8 cm³/mol. The molecule has 0 saturated heterocycles. The molecule has 2 saturated carbocycles. The highest BCUT2D eigenvalue weighted by molar-refractivity contribution is 9.10. The lowest BCUT2D eigenvalue weighted by Gasteiger charge is -2.44. The minimum Gasteiger partial charge on any atom is -0.488 e. The molecule has 0 bridgehead atoms. The summed E-state index contributed by atoms with van der Waals surface area (Å²) < 4.78 is 7.06. The van der Waals surface area contributed by atoms with Crippen molar-refractivity contribution in [3.63, 3.8) is 0 Å². The fraction of sp³-hybridized carbons (Fsp3) is 0.533. The first kappa shape index (κ1) is 12.2. The molecule has 0 amide bonds. The Morgan fingerprint density at radius 3 is 2.67 bits per heavy atom. The minimum atomic E-state index is -0.148. The first-order chi connectivity index (χ1) is 8.62. The maximum atomic E-state index is 11.9. The summed E-state index contributed by atoms with van der Waals surface area (Å²) >= 11 is 3.53. The largest absolute Gasteiger partial charge is 0.488 e. The van der Waals surface area contributed by atoms with Gasteiger partial charge in [-0.1, -0.05) is 18.9 Å². The number of aryl methyl sites for hydroxylation is 1. The molecular formula is C15H17BrO2. The fourth-order valence-corrected chi connectivity index (χ4v) is 3.82. The molecule has 0 N–H and O–H groups in total. The van der Waals surface area contributed by atoms with Crippen LogP contribution in [0.4, 0.5) is 0 Å². The van der Waals surface area contributed by atoms with Crippen molar-refractivity contribution in [3.8, 4) is 5.75 Å². The number of halogens is 1. The topological polar surface area (TPSA) is 26.3 Å². The van der Waals surface area contributed by atoms with Gasteiger partial charge in [-0.25, -0.2) is 0 Å². The molecule has 3 heteroatoms. The Labute approximate surface area is 116 Å². The molecule has 1 aromatic carbocycles. The number of ether oxygens (including phenoxy) is 1. The van der Waals surface area contributed by atoms with Gasteiger partial charge in [0, 0.05) is 6.42 Å². The van der Waals surface area contributed by atoms with Crippen LogP contribution in [0.25, 0.3) is 0 Å². The van der Waals surface area contributed by atoms with Crippen LogP contribution in [0.2, 0.25) is 0 Å². The predicted octanol–water partition coefficient (Wildman–Crippen LogP) is 4.04. The Balaban J connectivity index is 1.79. The molecule has 96 valence electrons. The quantitative estimate of drug-likeness (QED) is 0.824. The van der Waals surface area contributed by atoms with Gasteiger partial charge in [0.05, 0.1) is 9.89 Å². The molecule has 0 radical (unpaired) electrons. The summed E-state index contributed by atoms with van der Waals surface area (Å²) in [5.41, 5.74) is 1.05. The highest BCUT2D eigenvalue weighted by atomic mass is 79.9. The summed E-state index contributed by atoms with van der Waals surface area (Å²) in [6.07, 6.45) is 5.04. The lowest BCUT2D eigenvalue weighted by molar-refractivity contribution is -0.151. The van der Waals surface area contributed by atoms with E-state index in [1.54, 1.807) is 0 Å². The van der Waals surface area contributed by atoms with Crippen molar-refractivity contribution in [1.29, 1.82) is 0 Å². The maximum Gasteiger partial charge on any atom is 0.146 e. The number of carbonyl (C=O) groups excluding carboxylic acids is 1. The third-order valence-corrected chi connectivity index (χ3v) is 5.01. The van der Waals surface area contributed by atoms with Gasteiger partial charge in [0.25, 0.3) is 0 Å². The van der Waals surface area contributed by atoms with Crippen molar-refractivity contribution in [1.82, 2.24) is 0 Å². The number of hydrogen-bond acceptors (Lipinski definition) is 2. The van der Waals surface area contributed by atoms with E-state index in [2.05, 4.69) is 28.9 Å². The summed E-state index contributed by atoms with van der Waals surface area (Å²) in [6, 6.07) is 6.09. The monoisotopic (exact) mass is 308 g/mol. The highest BCUT2D eigenvalue weighted by Crippen LogP contribution is 2.52. The summed E-state index contributed by atoms with van der Waals surface area (Å²) in [5.74, 6) is 1.28. The van der Waals surface area contributed by atoms with Crippen molar-refractivity contribution in [2.24, 2.45) is 5.41 Å². The van der Waals surface area contributed by atoms with Crippen LogP contribution in [0.5, 0.6) is 5.75 Å². The van der Waals surface area contributed by atoms with Gasteiger partial charge in [-0.2, -0.15) is 0 Å². The number of ketones is 1. The van der Waals surface area contributed by atoms with Crippen LogP contribution in [0.15, 0.2) is 22.7 Å². The molecule has 0 aromatic heterocycles. The van der Waals surface area contributed by atoms with Gasteiger partial charge in [-0.3, -0.25) is 4.79 Å². The third kappa shape index (κ3) is 1.80. The molecule has 0 heterocycles. The van der Waals surface area contributed by atoms with E-state index in [0.29, 0.717) is 12.2 Å². The molecule has 2 nitrogen and oxygen atoms in total. The van der Waals surface area contributed by atoms with Gasteiger partial charge in [0.1, 0.15) is 17.6 Å². The van der Waals surface area contributed by atoms with E-state index in [1.165, 1.54) is 18.4 Å². The molecular weight excluding hydrogens is 292 g/mol. The standard InChI is InChI=1S/C15H17BrO2/c1-10-4-5-12(11(16)8-10)18-14-9-13(17)15(14)6-2-3-7-15/h4-5,8,14H,2-3,6-7,9H2,1H3. The summed E-state index contributed by atoms with van der Waals surface area (Å²) in [6.45, 7) is 2.06. The second-order valence-corrected chi connectivity index (χ2v) is 6.39. The van der Waals surface area contributed by atoms with E-state index in [1.807, 2.05) is 12.1 Å². The number of carbonyl (C=O) groups is 1. The van der Waals surface area contributed by atoms with Crippen LogP contribution < -0.4 is 4.74 Å². The van der Waals surface area contributed by atoms with Gasteiger partial charge < -0.3 is 4.74 Å². The molecule has 1 unspecified atom stereocenters. The van der Waals surface area contributed by atoms with Crippen LogP contribution in [-0.2, 0) is 4.79 Å². The Hall–Kier alpha value is -0.830. The van der Waals surface area contributed by atoms with E-state index >= 15 is 0 Å². The van der Waals surface area contributed by atoms with Crippen LogP contribution in [-0.4, -0.2) is 11.9 Å². The van der Waals surface area contributed by atoms with Crippen molar-refractivity contribution in [2.75, 3.05) is 0 Å². The molecule has 0 aliphatic heterocycles. The van der Waals surface area contributed by atoms with Gasteiger partial charge in [0.15, 0.2) is 0 Å². The van der Waals surface area contributed by atoms with Crippen molar-refractivity contribution in [2.45, 2.75) is 45.1 Å². The van der Waals surface area contributed by atoms with E-state index in [9.17, 15) is 4.79 Å². The van der Waals surface area contributed by atoms with E-state index < -0.39 is 0 Å². The molecule has 1 atom stereocenters. The molecule has 18 heavy (non-hydrogen) atoms. The van der Waals surface area contributed by atoms with E-state index in [0.717, 1.165) is 23.1 Å². The molecule has 2 fully saturated rings. The summed E-state index contributed by atoms with van der Waals surface area (Å²) in [7, 11) is 0. The number of hydrogen-bond donors (Lipinski definition) is 0. The SMILES string of the molecule is Cc1ccc(OC2CC(=O)C23CCCC3)c(Br)c1. The number of benzene rings is 1. The Morgan fingerprint density at radius 1 is 1.33 bits per heavy atom. The van der Waals surface area contributed by atoms with Crippen LogP contribution in [0.3, 0.4) is 0 Å². The Bertz CT molecular complexity index is 489. The van der Waals surface area contributed by atoms with E-state index in [-0.39, 0.29) is 11.5 Å². The Morgan fingerprint density at radius 2 is 2.06 bits per heavy atom. The van der Waals surface area contributed by atoms with Crippen molar-refractivity contribution < 1.29 is 9.53 Å². The van der Waals surface area contributed by atoms with Crippen LogP contribution >= 0.6 is 15.9 Å². The van der Waals surface area contributed by atoms with Crippen molar-refractivity contribution in [3.05, 3.63) is 28.2 Å².